The Morgan fingerprint density at radius 3 is 1.92 bits per heavy atom. The van der Waals surface area contributed by atoms with Crippen LogP contribution in [0.1, 0.15) is 0 Å². The molecule has 0 aliphatic heterocycles. The molecule has 14 heteroatoms. The average Bonchev–Trinajstić information content (AvgIpc) is 2.53. The van der Waals surface area contributed by atoms with Gasteiger partial charge in [0, 0.05) is 12.1 Å². The fourth-order valence-electron chi connectivity index (χ4n) is 0.857. The summed E-state index contributed by atoms with van der Waals surface area (Å²) in [5, 5.41) is 10.2. The number of rotatable bonds is 7. The largest absolute Gasteiger partial charge is 0.471 e. The van der Waals surface area contributed by atoms with E-state index >= 15 is 0 Å². The number of aromatic nitrogens is 1. The molecule has 0 saturated carbocycles. The molecule has 1 heterocycles. The van der Waals surface area contributed by atoms with Crippen molar-refractivity contribution in [2.24, 2.45) is 0 Å². The molecule has 0 aliphatic rings. The van der Waals surface area contributed by atoms with Gasteiger partial charge in [-0.15, -0.1) is 0 Å². The molecule has 25 heavy (non-hydrogen) atoms. The normalized spacial score (nSPS) is 12.0. The van der Waals surface area contributed by atoms with E-state index in [1.165, 1.54) is 22.6 Å². The van der Waals surface area contributed by atoms with Crippen molar-refractivity contribution in [2.75, 3.05) is 11.0 Å². The van der Waals surface area contributed by atoms with Crippen LogP contribution < -0.4 is 4.74 Å². The van der Waals surface area contributed by atoms with Crippen LogP contribution in [0.15, 0.2) is 18.3 Å². The summed E-state index contributed by atoms with van der Waals surface area (Å²) >= 11 is 1.22. The quantitative estimate of drug-likeness (QED) is 0.182. The Morgan fingerprint density at radius 2 is 1.64 bits per heavy atom. The fraction of sp³-hybridized carbons (Fsp3) is 0.545. The summed E-state index contributed by atoms with van der Waals surface area (Å²) in [6.07, 6.45) is -6.60. The second-order valence-electron chi connectivity index (χ2n) is 4.16. The summed E-state index contributed by atoms with van der Waals surface area (Å²) in [6.45, 7) is -1.55. The van der Waals surface area contributed by atoms with Gasteiger partial charge < -0.3 is 4.74 Å². The molecule has 0 spiro atoms. The second kappa shape index (κ2) is 9.86. The summed E-state index contributed by atoms with van der Waals surface area (Å²) in [7, 11) is 0. The van der Waals surface area contributed by atoms with Crippen molar-refractivity contribution in [3.05, 3.63) is 28.4 Å². The summed E-state index contributed by atoms with van der Waals surface area (Å²) in [4.78, 5) is 12.8. The molecule has 0 aromatic carbocycles. The van der Waals surface area contributed by atoms with Crippen LogP contribution in [0.25, 0.3) is 0 Å². The van der Waals surface area contributed by atoms with E-state index in [0.717, 1.165) is 18.3 Å². The highest BCUT2D eigenvalue weighted by Crippen LogP contribution is 2.25. The first-order chi connectivity index (χ1) is 11.3. The van der Waals surface area contributed by atoms with Gasteiger partial charge >= 0.3 is 24.7 Å². The number of alkyl halides is 9. The van der Waals surface area contributed by atoms with Crippen LogP contribution >= 0.6 is 22.6 Å². The van der Waals surface area contributed by atoms with E-state index in [2.05, 4.69) is 9.72 Å². The molecular formula is C11H9F8IN2O3. The number of pyridine rings is 1. The summed E-state index contributed by atoms with van der Waals surface area (Å²) < 4.78 is 97.0. The third kappa shape index (κ3) is 8.44. The Kier molecular flexibility index (Phi) is 9.28. The number of halogens is 9. The van der Waals surface area contributed by atoms with Gasteiger partial charge in [-0.1, -0.05) is 22.6 Å². The minimum Gasteiger partial charge on any atom is -0.471 e. The van der Waals surface area contributed by atoms with E-state index in [9.17, 15) is 45.2 Å². The molecule has 1 rings (SSSR count). The van der Waals surface area contributed by atoms with Gasteiger partial charge in [0.2, 0.25) is 5.88 Å². The Hall–Kier alpha value is -1.48. The lowest BCUT2D eigenvalue weighted by molar-refractivity contribution is -0.385. The Morgan fingerprint density at radius 1 is 1.12 bits per heavy atom. The van der Waals surface area contributed by atoms with Gasteiger partial charge in [0.15, 0.2) is 6.61 Å². The van der Waals surface area contributed by atoms with Crippen molar-refractivity contribution in [3.8, 4) is 5.88 Å². The molecule has 0 amide bonds. The lowest BCUT2D eigenvalue weighted by Gasteiger charge is -2.15. The Bertz CT molecular complexity index is 545. The monoisotopic (exact) mass is 496 g/mol. The predicted octanol–water partition coefficient (Wildman–Crippen LogP) is 4.59. The highest BCUT2D eigenvalue weighted by molar-refractivity contribution is 14.1. The third-order valence-electron chi connectivity index (χ3n) is 2.16. The van der Waals surface area contributed by atoms with E-state index in [1.54, 1.807) is 0 Å². The number of hydrogen-bond donors (Lipinski definition) is 0. The van der Waals surface area contributed by atoms with Gasteiger partial charge in [-0.2, -0.15) is 17.6 Å². The molecule has 0 N–H and O–H groups in total. The number of nitro groups is 1. The van der Waals surface area contributed by atoms with Crippen molar-refractivity contribution in [3.63, 3.8) is 0 Å². The first-order valence-corrected chi connectivity index (χ1v) is 7.47. The van der Waals surface area contributed by atoms with E-state index < -0.39 is 46.5 Å². The smallest absolute Gasteiger partial charge is 0.340 e. The molecule has 0 atom stereocenters. The zero-order valence-electron chi connectivity index (χ0n) is 11.8. The van der Waals surface area contributed by atoms with Crippen molar-refractivity contribution in [1.82, 2.24) is 4.98 Å². The van der Waals surface area contributed by atoms with Crippen molar-refractivity contribution < 1.29 is 44.8 Å². The summed E-state index contributed by atoms with van der Waals surface area (Å²) in [5.74, 6) is -8.49. The van der Waals surface area contributed by atoms with E-state index in [-0.39, 0.29) is 5.69 Å². The molecule has 1 aromatic rings. The van der Waals surface area contributed by atoms with Crippen molar-refractivity contribution >= 4 is 28.3 Å². The molecule has 0 radical (unpaired) electrons. The zero-order valence-corrected chi connectivity index (χ0v) is 14.0. The van der Waals surface area contributed by atoms with Gasteiger partial charge in [0.05, 0.1) is 9.35 Å². The number of ether oxygens (including phenoxy) is 1. The van der Waals surface area contributed by atoms with Crippen LogP contribution in [-0.2, 0) is 0 Å². The molecule has 1 aromatic heterocycles. The van der Waals surface area contributed by atoms with Gasteiger partial charge in [-0.25, -0.2) is 22.5 Å². The lowest BCUT2D eigenvalue weighted by atomic mass is 10.4. The van der Waals surface area contributed by atoms with Crippen LogP contribution in [0.5, 0.6) is 5.88 Å². The minimum absolute atomic E-state index is 0.363. The number of hydrogen-bond acceptors (Lipinski definition) is 4. The summed E-state index contributed by atoms with van der Waals surface area (Å²) in [6, 6.07) is 1.91. The second-order valence-corrected chi connectivity index (χ2v) is 4.92. The maximum atomic E-state index is 12.4. The average molecular weight is 496 g/mol. The molecule has 144 valence electrons. The molecule has 0 bridgehead atoms. The van der Waals surface area contributed by atoms with E-state index in [0.29, 0.717) is 0 Å². The summed E-state index contributed by atoms with van der Waals surface area (Å²) in [5.41, 5.74) is -0.363. The predicted molar refractivity (Wildman–Crippen MR) is 77.2 cm³/mol. The first-order valence-electron chi connectivity index (χ1n) is 5.94. The maximum absolute atomic E-state index is 12.4. The Labute approximate surface area is 148 Å². The van der Waals surface area contributed by atoms with Crippen LogP contribution in [0, 0.1) is 10.1 Å². The molecule has 0 aliphatic carbocycles. The van der Waals surface area contributed by atoms with Gasteiger partial charge in [0.25, 0.3) is 5.69 Å². The molecule has 0 fully saturated rings. The highest BCUT2D eigenvalue weighted by Gasteiger charge is 2.42. The molecular weight excluding hydrogens is 487 g/mol. The number of nitrogens with zero attached hydrogens (tertiary/aromatic N) is 2. The molecule has 5 nitrogen and oxygen atoms in total. The van der Waals surface area contributed by atoms with Crippen molar-refractivity contribution in [1.29, 1.82) is 0 Å². The highest BCUT2D eigenvalue weighted by atomic mass is 127. The maximum Gasteiger partial charge on any atom is 0.340 e. The van der Waals surface area contributed by atoms with Crippen LogP contribution in [0.4, 0.5) is 40.8 Å². The van der Waals surface area contributed by atoms with Crippen LogP contribution in [0.2, 0.25) is 0 Å². The van der Waals surface area contributed by atoms with Gasteiger partial charge in [-0.05, 0) is 0 Å². The Balaban J connectivity index is 0.000000609. The van der Waals surface area contributed by atoms with Crippen LogP contribution in [0.3, 0.4) is 0 Å². The molecule has 0 saturated heterocycles. The van der Waals surface area contributed by atoms with E-state index in [1.807, 2.05) is 0 Å². The topological polar surface area (TPSA) is 65.3 Å². The van der Waals surface area contributed by atoms with Crippen LogP contribution in [-0.4, -0.2) is 45.6 Å². The van der Waals surface area contributed by atoms with Gasteiger partial charge in [-0.3, -0.25) is 10.1 Å². The van der Waals surface area contributed by atoms with E-state index in [4.69, 9.17) is 0 Å². The molecule has 0 unspecified atom stereocenters. The SMILES string of the molecule is FC(F)C(F)(F)CI.O=[N+]([O-])c1ccc(OCC(F)(F)C(F)F)nc1. The lowest BCUT2D eigenvalue weighted by Crippen LogP contribution is -2.33. The van der Waals surface area contributed by atoms with Gasteiger partial charge in [0.1, 0.15) is 6.20 Å². The fourth-order valence-corrected chi connectivity index (χ4v) is 1.19. The first kappa shape index (κ1) is 23.5. The van der Waals surface area contributed by atoms with Crippen molar-refractivity contribution in [2.45, 2.75) is 24.7 Å². The third-order valence-corrected chi connectivity index (χ3v) is 3.18. The standard InChI is InChI=1S/C8H6F4N2O3.C3H3F4I/c9-7(10)8(11,12)4-17-6-2-1-5(3-13-6)14(15)16;4-2(5)3(6,7)1-8/h1-3,7H,4H2;2H,1H2. The zero-order chi connectivity index (χ0) is 19.8. The minimum atomic E-state index is -4.29.